The van der Waals surface area contributed by atoms with Crippen LogP contribution in [0.5, 0.6) is 17.2 Å². The van der Waals surface area contributed by atoms with Crippen molar-refractivity contribution in [2.45, 2.75) is 70.5 Å². The molecule has 204 valence electrons. The van der Waals surface area contributed by atoms with E-state index in [-0.39, 0.29) is 17.4 Å². The molecule has 3 aromatic rings. The molecule has 0 saturated heterocycles. The van der Waals surface area contributed by atoms with Crippen molar-refractivity contribution in [1.82, 2.24) is 0 Å². The van der Waals surface area contributed by atoms with Gasteiger partial charge < -0.3 is 25.2 Å². The van der Waals surface area contributed by atoms with Gasteiger partial charge in [-0.15, -0.1) is 5.92 Å². The lowest BCUT2D eigenvalue weighted by Crippen LogP contribution is -2.32. The van der Waals surface area contributed by atoms with Gasteiger partial charge in [0.2, 0.25) is 0 Å². The fourth-order valence-electron chi connectivity index (χ4n) is 5.93. The Kier molecular flexibility index (Phi) is 8.45. The summed E-state index contributed by atoms with van der Waals surface area (Å²) in [7, 11) is 0. The second-order valence-electron chi connectivity index (χ2n) is 10.9. The van der Waals surface area contributed by atoms with Crippen LogP contribution in [0.25, 0.3) is 28.0 Å². The summed E-state index contributed by atoms with van der Waals surface area (Å²) < 4.78 is 6.01. The molecule has 0 spiro atoms. The van der Waals surface area contributed by atoms with Crippen molar-refractivity contribution in [2.24, 2.45) is 11.8 Å². The Morgan fingerprint density at radius 1 is 1.03 bits per heavy atom. The molecule has 2 aliphatic rings. The number of aromatic hydroxyl groups is 2. The van der Waals surface area contributed by atoms with Gasteiger partial charge in [0, 0.05) is 23.8 Å². The van der Waals surface area contributed by atoms with Crippen molar-refractivity contribution in [3.8, 4) is 40.2 Å². The first-order chi connectivity index (χ1) is 18.9. The minimum absolute atomic E-state index is 0.0739. The number of phenolic OH excluding ortho intramolecular Hbond substituents is 2. The standard InChI is InChI=1S/C34H38O5/c1-2-22-7-3-4-11-30(36)28(10-5-8-22)31(37)16-13-23-14-17-32(38)34-33(23)29-21-24-12-15-27(35)20-26(24)19-25(29)9-6-18-39-34/h6,9,12,14-15,17,19-22,28,30-31,35-38H,2-4,7,10-11,13,16,18H2,1H3/b9-6-/t22-,28-,30-,31+/m0/s1. The van der Waals surface area contributed by atoms with Crippen molar-refractivity contribution < 1.29 is 25.2 Å². The van der Waals surface area contributed by atoms with Gasteiger partial charge in [-0.05, 0) is 96.0 Å². The van der Waals surface area contributed by atoms with E-state index in [0.29, 0.717) is 44.0 Å². The molecule has 3 aromatic carbocycles. The van der Waals surface area contributed by atoms with Gasteiger partial charge in [0.05, 0.1) is 12.2 Å². The highest BCUT2D eigenvalue weighted by Crippen LogP contribution is 2.45. The number of hydrogen-bond acceptors (Lipinski definition) is 5. The van der Waals surface area contributed by atoms with Crippen LogP contribution in [0.3, 0.4) is 0 Å². The molecule has 5 heteroatoms. The summed E-state index contributed by atoms with van der Waals surface area (Å²) in [5, 5.41) is 44.8. The maximum atomic E-state index is 11.3. The third-order valence-electron chi connectivity index (χ3n) is 8.24. The number of hydrogen-bond donors (Lipinski definition) is 4. The van der Waals surface area contributed by atoms with Crippen LogP contribution in [0, 0.1) is 23.7 Å². The van der Waals surface area contributed by atoms with Crippen LogP contribution in [-0.4, -0.2) is 39.2 Å². The lowest BCUT2D eigenvalue weighted by Gasteiger charge is -2.28. The zero-order valence-electron chi connectivity index (χ0n) is 22.6. The SMILES string of the molecule is CC[C@@H]1C#CC[C@H]([C@H](O)CCc2ccc(O)c3c2-c2cc4ccc(O)cc4cc2/C=C\CO3)[C@@H](O)CCCC1. The Hall–Kier alpha value is -3.46. The molecule has 1 heterocycles. The molecule has 0 amide bonds. The summed E-state index contributed by atoms with van der Waals surface area (Å²) in [6, 6.07) is 12.9. The number of phenols is 2. The molecule has 5 rings (SSSR count). The number of rotatable bonds is 5. The smallest absolute Gasteiger partial charge is 0.169 e. The van der Waals surface area contributed by atoms with Crippen molar-refractivity contribution in [3.63, 3.8) is 0 Å². The van der Waals surface area contributed by atoms with Crippen LogP contribution < -0.4 is 4.74 Å². The van der Waals surface area contributed by atoms with Gasteiger partial charge in [-0.25, -0.2) is 0 Å². The van der Waals surface area contributed by atoms with E-state index >= 15 is 0 Å². The van der Waals surface area contributed by atoms with Gasteiger partial charge in [0.25, 0.3) is 0 Å². The van der Waals surface area contributed by atoms with E-state index in [1.54, 1.807) is 18.2 Å². The Balaban J connectivity index is 1.47. The fraction of sp³-hybridized carbons (Fsp3) is 0.412. The minimum atomic E-state index is -0.702. The summed E-state index contributed by atoms with van der Waals surface area (Å²) >= 11 is 0. The third kappa shape index (κ3) is 6.08. The summed E-state index contributed by atoms with van der Waals surface area (Å²) in [5.74, 6) is 7.46. The Labute approximate surface area is 230 Å². The average Bonchev–Trinajstić information content (AvgIpc) is 2.92. The van der Waals surface area contributed by atoms with Crippen molar-refractivity contribution in [1.29, 1.82) is 0 Å². The van der Waals surface area contributed by atoms with E-state index in [9.17, 15) is 20.4 Å². The fourth-order valence-corrected chi connectivity index (χ4v) is 5.93. The first kappa shape index (κ1) is 27.1. The number of benzene rings is 3. The molecule has 1 aliphatic carbocycles. The van der Waals surface area contributed by atoms with Crippen LogP contribution in [0.4, 0.5) is 0 Å². The minimum Gasteiger partial charge on any atom is -0.508 e. The van der Waals surface area contributed by atoms with Crippen LogP contribution in [0.2, 0.25) is 0 Å². The molecule has 4 atom stereocenters. The van der Waals surface area contributed by atoms with E-state index in [1.165, 1.54) is 0 Å². The summed E-state index contributed by atoms with van der Waals surface area (Å²) in [4.78, 5) is 0. The Morgan fingerprint density at radius 3 is 2.72 bits per heavy atom. The molecule has 39 heavy (non-hydrogen) atoms. The monoisotopic (exact) mass is 526 g/mol. The van der Waals surface area contributed by atoms with Crippen molar-refractivity contribution in [3.05, 3.63) is 59.7 Å². The molecular weight excluding hydrogens is 488 g/mol. The normalized spacial score (nSPS) is 22.7. The largest absolute Gasteiger partial charge is 0.508 e. The van der Waals surface area contributed by atoms with E-state index in [1.807, 2.05) is 30.4 Å². The van der Waals surface area contributed by atoms with Gasteiger partial charge >= 0.3 is 0 Å². The molecule has 0 saturated carbocycles. The maximum absolute atomic E-state index is 11.3. The first-order valence-corrected chi connectivity index (χ1v) is 14.2. The predicted molar refractivity (Wildman–Crippen MR) is 156 cm³/mol. The van der Waals surface area contributed by atoms with E-state index < -0.39 is 12.2 Å². The number of ether oxygens (including phenoxy) is 1. The molecule has 0 bridgehead atoms. The van der Waals surface area contributed by atoms with Crippen LogP contribution in [-0.2, 0) is 6.42 Å². The molecule has 0 aromatic heterocycles. The zero-order valence-corrected chi connectivity index (χ0v) is 22.6. The Morgan fingerprint density at radius 2 is 1.87 bits per heavy atom. The number of fused-ring (bicyclic) bond motifs is 4. The van der Waals surface area contributed by atoms with Crippen molar-refractivity contribution >= 4 is 16.8 Å². The molecular formula is C34H38O5. The third-order valence-corrected chi connectivity index (χ3v) is 8.24. The summed E-state index contributed by atoms with van der Waals surface area (Å²) in [6.45, 7) is 2.48. The predicted octanol–water partition coefficient (Wildman–Crippen LogP) is 6.59. The number of aryl methyl sites for hydroxylation is 1. The van der Waals surface area contributed by atoms with E-state index in [0.717, 1.165) is 58.7 Å². The number of aliphatic hydroxyl groups excluding tert-OH is 2. The van der Waals surface area contributed by atoms with Gasteiger partial charge in [0.15, 0.2) is 11.5 Å². The lowest BCUT2D eigenvalue weighted by atomic mass is 9.84. The van der Waals surface area contributed by atoms with Gasteiger partial charge in [-0.3, -0.25) is 0 Å². The lowest BCUT2D eigenvalue weighted by molar-refractivity contribution is 0.00561. The molecule has 5 nitrogen and oxygen atoms in total. The topological polar surface area (TPSA) is 90.2 Å². The molecule has 0 fully saturated rings. The quantitative estimate of drug-likeness (QED) is 0.282. The van der Waals surface area contributed by atoms with Gasteiger partial charge in [0.1, 0.15) is 12.4 Å². The zero-order chi connectivity index (χ0) is 27.4. The summed E-state index contributed by atoms with van der Waals surface area (Å²) in [5.41, 5.74) is 3.67. The second-order valence-corrected chi connectivity index (χ2v) is 10.9. The maximum Gasteiger partial charge on any atom is 0.169 e. The van der Waals surface area contributed by atoms with Gasteiger partial charge in [-0.2, -0.15) is 0 Å². The van der Waals surface area contributed by atoms with Crippen LogP contribution in [0.1, 0.15) is 63.0 Å². The molecule has 0 radical (unpaired) electrons. The molecule has 1 aliphatic heterocycles. The van der Waals surface area contributed by atoms with Gasteiger partial charge in [-0.1, -0.05) is 43.9 Å². The van der Waals surface area contributed by atoms with Crippen molar-refractivity contribution in [2.75, 3.05) is 6.61 Å². The summed E-state index contributed by atoms with van der Waals surface area (Å²) in [6.07, 6.45) is 8.93. The highest BCUT2D eigenvalue weighted by molar-refractivity contribution is 5.95. The average molecular weight is 527 g/mol. The Bertz CT molecular complexity index is 1410. The molecule has 0 unspecified atom stereocenters. The van der Waals surface area contributed by atoms with Crippen LogP contribution in [0.15, 0.2) is 48.5 Å². The number of aliphatic hydroxyl groups is 2. The highest BCUT2D eigenvalue weighted by Gasteiger charge is 2.28. The van der Waals surface area contributed by atoms with E-state index in [2.05, 4.69) is 24.8 Å². The second kappa shape index (κ2) is 12.2. The van der Waals surface area contributed by atoms with Crippen LogP contribution >= 0.6 is 0 Å². The van der Waals surface area contributed by atoms with E-state index in [4.69, 9.17) is 4.74 Å². The highest BCUT2D eigenvalue weighted by atomic mass is 16.5. The molecule has 4 N–H and O–H groups in total. The first-order valence-electron chi connectivity index (χ1n) is 14.2.